The number of carbonyl (C=O) groups excluding carboxylic acids is 1. The number of anilines is 1. The fourth-order valence-corrected chi connectivity index (χ4v) is 3.46. The number of likely N-dealkylation sites (tertiary alicyclic amines) is 1. The molecule has 3 rings (SSSR count). The second-order valence-corrected chi connectivity index (χ2v) is 5.67. The number of hydrogen-bond acceptors (Lipinski definition) is 3. The molecule has 0 bridgehead atoms. The summed E-state index contributed by atoms with van der Waals surface area (Å²) in [6, 6.07) is 6.66. The Bertz CT molecular complexity index is 500. The van der Waals surface area contributed by atoms with Gasteiger partial charge in [-0.3, -0.25) is 9.69 Å². The minimum absolute atomic E-state index is 0.0637. The lowest BCUT2D eigenvalue weighted by Gasteiger charge is -2.38. The van der Waals surface area contributed by atoms with Crippen molar-refractivity contribution in [2.75, 3.05) is 25.5 Å². The van der Waals surface area contributed by atoms with Gasteiger partial charge in [-0.25, -0.2) is 0 Å². The highest BCUT2D eigenvalue weighted by molar-refractivity contribution is 5.78. The number of amides is 1. The maximum atomic E-state index is 11.7. The molecule has 2 atom stereocenters. The Labute approximate surface area is 114 Å². The van der Waals surface area contributed by atoms with Crippen molar-refractivity contribution in [3.8, 4) is 0 Å². The third-order valence-electron chi connectivity index (χ3n) is 4.43. The van der Waals surface area contributed by atoms with Crippen molar-refractivity contribution < 1.29 is 4.79 Å². The molecule has 102 valence electrons. The van der Waals surface area contributed by atoms with E-state index in [4.69, 9.17) is 5.73 Å². The fraction of sp³-hybridized carbons (Fsp3) is 0.533. The van der Waals surface area contributed by atoms with Gasteiger partial charge in [0.05, 0.1) is 5.92 Å². The first-order chi connectivity index (χ1) is 9.16. The number of hydrogen-bond donors (Lipinski definition) is 2. The van der Waals surface area contributed by atoms with Crippen LogP contribution in [0.15, 0.2) is 18.2 Å². The van der Waals surface area contributed by atoms with Gasteiger partial charge in [0.2, 0.25) is 5.91 Å². The fourth-order valence-electron chi connectivity index (χ4n) is 3.46. The summed E-state index contributed by atoms with van der Waals surface area (Å²) in [5.41, 5.74) is 9.42. The SMILES string of the molecule is CN1CCCC(C(N)=O)C1c1ccc2c(c1)CCN2. The molecule has 0 saturated carbocycles. The van der Waals surface area contributed by atoms with Gasteiger partial charge in [-0.2, -0.15) is 0 Å². The molecule has 19 heavy (non-hydrogen) atoms. The van der Waals surface area contributed by atoms with E-state index in [-0.39, 0.29) is 17.9 Å². The summed E-state index contributed by atoms with van der Waals surface area (Å²) in [5.74, 6) is -0.235. The summed E-state index contributed by atoms with van der Waals surface area (Å²) >= 11 is 0. The van der Waals surface area contributed by atoms with Crippen LogP contribution in [0.5, 0.6) is 0 Å². The first kappa shape index (κ1) is 12.5. The lowest BCUT2D eigenvalue weighted by Crippen LogP contribution is -2.42. The molecule has 4 nitrogen and oxygen atoms in total. The van der Waals surface area contributed by atoms with Gasteiger partial charge >= 0.3 is 0 Å². The van der Waals surface area contributed by atoms with Gasteiger partial charge < -0.3 is 11.1 Å². The van der Waals surface area contributed by atoms with Crippen LogP contribution in [0.2, 0.25) is 0 Å². The Morgan fingerprint density at radius 3 is 3.11 bits per heavy atom. The molecule has 4 heteroatoms. The Hall–Kier alpha value is -1.55. The number of rotatable bonds is 2. The van der Waals surface area contributed by atoms with Crippen LogP contribution in [0.25, 0.3) is 0 Å². The van der Waals surface area contributed by atoms with Crippen LogP contribution < -0.4 is 11.1 Å². The summed E-state index contributed by atoms with van der Waals surface area (Å²) in [6.07, 6.45) is 3.02. The van der Waals surface area contributed by atoms with Crippen molar-refractivity contribution in [2.24, 2.45) is 11.7 Å². The molecule has 2 heterocycles. The monoisotopic (exact) mass is 259 g/mol. The number of nitrogens with zero attached hydrogens (tertiary/aromatic N) is 1. The summed E-state index contributed by atoms with van der Waals surface area (Å²) < 4.78 is 0. The quantitative estimate of drug-likeness (QED) is 0.846. The van der Waals surface area contributed by atoms with Gasteiger partial charge in [0, 0.05) is 18.3 Å². The predicted molar refractivity (Wildman–Crippen MR) is 75.9 cm³/mol. The average molecular weight is 259 g/mol. The zero-order chi connectivity index (χ0) is 13.4. The van der Waals surface area contributed by atoms with Crippen molar-refractivity contribution in [1.82, 2.24) is 4.90 Å². The maximum absolute atomic E-state index is 11.7. The van der Waals surface area contributed by atoms with Crippen LogP contribution >= 0.6 is 0 Å². The van der Waals surface area contributed by atoms with Crippen molar-refractivity contribution >= 4 is 11.6 Å². The summed E-state index contributed by atoms with van der Waals surface area (Å²) in [7, 11) is 2.09. The highest BCUT2D eigenvalue weighted by Crippen LogP contribution is 2.36. The van der Waals surface area contributed by atoms with Crippen LogP contribution in [0.4, 0.5) is 5.69 Å². The maximum Gasteiger partial charge on any atom is 0.222 e. The second-order valence-electron chi connectivity index (χ2n) is 5.67. The van der Waals surface area contributed by atoms with E-state index < -0.39 is 0 Å². The lowest BCUT2D eigenvalue weighted by atomic mass is 9.84. The number of primary amides is 1. The predicted octanol–water partition coefficient (Wildman–Crippen LogP) is 1.52. The van der Waals surface area contributed by atoms with E-state index in [1.807, 2.05) is 0 Å². The highest BCUT2D eigenvalue weighted by Gasteiger charge is 2.34. The second kappa shape index (κ2) is 4.85. The summed E-state index contributed by atoms with van der Waals surface area (Å²) in [5, 5.41) is 3.37. The Morgan fingerprint density at radius 1 is 1.47 bits per heavy atom. The molecule has 3 N–H and O–H groups in total. The molecule has 0 spiro atoms. The Kier molecular flexibility index (Phi) is 3.19. The standard InChI is InChI=1S/C15H21N3O/c1-18-8-2-3-12(15(16)19)14(18)11-4-5-13-10(9-11)6-7-17-13/h4-5,9,12,14,17H,2-3,6-8H2,1H3,(H2,16,19). The van der Waals surface area contributed by atoms with Crippen molar-refractivity contribution in [3.05, 3.63) is 29.3 Å². The number of benzene rings is 1. The molecule has 1 aromatic carbocycles. The minimum atomic E-state index is -0.171. The Balaban J connectivity index is 1.95. The molecule has 2 aliphatic heterocycles. The summed E-state index contributed by atoms with van der Waals surface area (Å²) in [4.78, 5) is 14.0. The average Bonchev–Trinajstić information content (AvgIpc) is 2.85. The van der Waals surface area contributed by atoms with E-state index in [1.165, 1.54) is 16.8 Å². The molecule has 0 aromatic heterocycles. The van der Waals surface area contributed by atoms with E-state index in [9.17, 15) is 4.79 Å². The normalized spacial score (nSPS) is 26.8. The molecule has 1 aromatic rings. The summed E-state index contributed by atoms with van der Waals surface area (Å²) in [6.45, 7) is 2.04. The topological polar surface area (TPSA) is 58.4 Å². The number of carbonyl (C=O) groups is 1. The Morgan fingerprint density at radius 2 is 2.32 bits per heavy atom. The van der Waals surface area contributed by atoms with E-state index in [2.05, 4.69) is 35.5 Å². The van der Waals surface area contributed by atoms with Crippen LogP contribution in [0, 0.1) is 5.92 Å². The van der Waals surface area contributed by atoms with Crippen molar-refractivity contribution in [1.29, 1.82) is 0 Å². The van der Waals surface area contributed by atoms with Gasteiger partial charge in [0.15, 0.2) is 0 Å². The van der Waals surface area contributed by atoms with Gasteiger partial charge in [0.1, 0.15) is 0 Å². The number of nitrogens with one attached hydrogen (secondary N) is 1. The number of fused-ring (bicyclic) bond motifs is 1. The number of piperidine rings is 1. The minimum Gasteiger partial charge on any atom is -0.384 e. The van der Waals surface area contributed by atoms with Gasteiger partial charge in [-0.1, -0.05) is 12.1 Å². The van der Waals surface area contributed by atoms with Crippen LogP contribution in [0.3, 0.4) is 0 Å². The molecular weight excluding hydrogens is 238 g/mol. The highest BCUT2D eigenvalue weighted by atomic mass is 16.1. The van der Waals surface area contributed by atoms with Gasteiger partial charge in [-0.15, -0.1) is 0 Å². The smallest absolute Gasteiger partial charge is 0.222 e. The van der Waals surface area contributed by atoms with E-state index in [1.54, 1.807) is 0 Å². The molecule has 0 aliphatic carbocycles. The van der Waals surface area contributed by atoms with Crippen LogP contribution in [0.1, 0.15) is 30.0 Å². The third-order valence-corrected chi connectivity index (χ3v) is 4.43. The van der Waals surface area contributed by atoms with E-state index in [0.717, 1.165) is 32.4 Å². The third kappa shape index (κ3) is 2.21. The largest absolute Gasteiger partial charge is 0.384 e. The number of nitrogens with two attached hydrogens (primary N) is 1. The van der Waals surface area contributed by atoms with E-state index >= 15 is 0 Å². The molecule has 1 fully saturated rings. The molecule has 2 unspecified atom stereocenters. The van der Waals surface area contributed by atoms with Gasteiger partial charge in [0.25, 0.3) is 0 Å². The molecule has 0 radical (unpaired) electrons. The lowest BCUT2D eigenvalue weighted by molar-refractivity contribution is -0.125. The first-order valence-electron chi connectivity index (χ1n) is 7.03. The van der Waals surface area contributed by atoms with Crippen LogP contribution in [-0.2, 0) is 11.2 Å². The first-order valence-corrected chi connectivity index (χ1v) is 7.03. The zero-order valence-corrected chi connectivity index (χ0v) is 11.4. The molecular formula is C15H21N3O. The molecule has 2 aliphatic rings. The van der Waals surface area contributed by atoms with Gasteiger partial charge in [-0.05, 0) is 50.0 Å². The molecule has 1 saturated heterocycles. The van der Waals surface area contributed by atoms with Crippen LogP contribution in [-0.4, -0.2) is 30.9 Å². The zero-order valence-electron chi connectivity index (χ0n) is 11.4. The van der Waals surface area contributed by atoms with Crippen molar-refractivity contribution in [3.63, 3.8) is 0 Å². The van der Waals surface area contributed by atoms with E-state index in [0.29, 0.717) is 0 Å². The molecule has 1 amide bonds. The van der Waals surface area contributed by atoms with Crippen molar-refractivity contribution in [2.45, 2.75) is 25.3 Å².